The van der Waals surface area contributed by atoms with E-state index >= 15 is 0 Å². The second-order valence-electron chi connectivity index (χ2n) is 4.57. The van der Waals surface area contributed by atoms with E-state index in [1.165, 1.54) is 0 Å². The van der Waals surface area contributed by atoms with Gasteiger partial charge in [0.1, 0.15) is 11.8 Å². The fourth-order valence-electron chi connectivity index (χ4n) is 1.05. The summed E-state index contributed by atoms with van der Waals surface area (Å²) in [6.45, 7) is 0. The Morgan fingerprint density at radius 3 is 0.741 bits per heavy atom. The van der Waals surface area contributed by atoms with Gasteiger partial charge < -0.3 is 0 Å². The van der Waals surface area contributed by atoms with Crippen molar-refractivity contribution >= 4 is 207 Å². The fraction of sp³-hybridized carbons (Fsp3) is 0.727. The lowest BCUT2D eigenvalue weighted by Crippen LogP contribution is -2.27. The van der Waals surface area contributed by atoms with Crippen molar-refractivity contribution < 1.29 is 0 Å². The van der Waals surface area contributed by atoms with Crippen molar-refractivity contribution in [2.24, 2.45) is 0 Å². The molecule has 1 heterocycles. The van der Waals surface area contributed by atoms with Gasteiger partial charge in [0.2, 0.25) is 0 Å². The first-order valence-electron chi connectivity index (χ1n) is 6.28. The Morgan fingerprint density at radius 2 is 0.630 bits per heavy atom. The summed E-state index contributed by atoms with van der Waals surface area (Å²) in [5, 5.41) is 2.59. The van der Waals surface area contributed by atoms with Gasteiger partial charge >= 0.3 is 0 Å². The maximum absolute atomic E-state index is 4.54. The Morgan fingerprint density at radius 1 is 0.444 bits per heavy atom. The highest BCUT2D eigenvalue weighted by Gasteiger charge is 2.37. The molecule has 0 unspecified atom stereocenters. The molecule has 3 nitrogen and oxygen atoms in total. The average Bonchev–Trinajstić information content (AvgIpc) is 2.61. The second kappa shape index (κ2) is 14.0. The smallest absolute Gasteiger partial charge is 0.161 e. The Hall–Kier alpha value is 5.25. The maximum Gasteiger partial charge on any atom is 0.161 e. The van der Waals surface area contributed by atoms with Crippen molar-refractivity contribution in [2.45, 2.75) is 11.8 Å². The molecular weight excluding hydrogens is 1210 g/mol. The summed E-state index contributed by atoms with van der Waals surface area (Å²) in [5.74, 6) is 1.69. The predicted octanol–water partition coefficient (Wildman–Crippen LogP) is 10.1. The second-order valence-corrected chi connectivity index (χ2v) is 25.4. The molecule has 0 aliphatic heterocycles. The lowest BCUT2D eigenvalue weighted by molar-refractivity contribution is 0.743. The molecule has 158 valence electrons. The van der Waals surface area contributed by atoms with Crippen LogP contribution in [0.25, 0.3) is 0 Å². The van der Waals surface area contributed by atoms with Crippen LogP contribution in [0.4, 0.5) is 0 Å². The van der Waals surface area contributed by atoms with Crippen molar-refractivity contribution in [3.63, 3.8) is 0 Å². The highest BCUT2D eigenvalue weighted by atomic mass is 80.0. The van der Waals surface area contributed by atoms with E-state index in [-0.39, 0.29) is 2.14 Å². The molecule has 0 radical (unpaired) electrons. The summed E-state index contributed by atoms with van der Waals surface area (Å²) in [7, 11) is 0. The number of hydrogen-bond donors (Lipinski definition) is 0. The highest BCUT2D eigenvalue weighted by molar-refractivity contribution is 9.40. The highest BCUT2D eigenvalue weighted by Crippen LogP contribution is 2.44. The van der Waals surface area contributed by atoms with Crippen molar-refractivity contribution in [3.8, 4) is 0 Å². The molecule has 1 rings (SSSR count). The molecule has 0 spiro atoms. The summed E-state index contributed by atoms with van der Waals surface area (Å²) >= 11 is 44.7. The molecule has 0 saturated carbocycles. The maximum atomic E-state index is 4.54. The van der Waals surface area contributed by atoms with Gasteiger partial charge in [-0.2, -0.15) is 0 Å². The predicted molar refractivity (Wildman–Crippen MR) is 163 cm³/mol. The van der Waals surface area contributed by atoms with Gasteiger partial charge in [-0.05, 0) is 0 Å². The number of nitrogens with zero attached hydrogens (tertiary/aromatic N) is 3. The van der Waals surface area contributed by atoms with Crippen LogP contribution in [0.2, 0.25) is 0 Å². The van der Waals surface area contributed by atoms with Crippen LogP contribution >= 0.6 is 207 Å². The molecule has 0 fully saturated rings. The number of hydrogen-bond acceptors (Lipinski definition) is 3. The quantitative estimate of drug-likeness (QED) is 0.267. The minimum atomic E-state index is -0.586. The third-order valence-electron chi connectivity index (χ3n) is 2.27. The van der Waals surface area contributed by atoms with Crippen LogP contribution in [0.5, 0.6) is 0 Å². The van der Waals surface area contributed by atoms with Crippen LogP contribution < -0.4 is 0 Å². The number of alkyl halides is 13. The Labute approximate surface area is 267 Å². The summed E-state index contributed by atoms with van der Waals surface area (Å²) in [6.07, 6.45) is 0. The molecule has 16 heteroatoms. The Balaban J connectivity index is 0.000000972. The van der Waals surface area contributed by atoms with Gasteiger partial charge in [-0.1, -0.05) is 207 Å². The summed E-state index contributed by atoms with van der Waals surface area (Å²) < 4.78 is -1.86. The minimum absolute atomic E-state index is 0.104. The van der Waals surface area contributed by atoms with Gasteiger partial charge in [0.15, 0.2) is 17.5 Å². The SMILES string of the molecule is BrCC(Br)(Br)Br.BrCC(Br)(Br)c1nc(C(Br)(Br)CBr)nc(C(Br)(Br)CBr)n1. The van der Waals surface area contributed by atoms with E-state index < -0.39 is 9.70 Å². The van der Waals surface area contributed by atoms with Crippen LogP contribution in [0.3, 0.4) is 0 Å². The molecule has 1 aromatic rings. The third-order valence-corrected chi connectivity index (χ3v) is 17.1. The molecule has 27 heavy (non-hydrogen) atoms. The molecule has 0 N–H and O–H groups in total. The van der Waals surface area contributed by atoms with E-state index in [1.807, 2.05) is 0 Å². The Kier molecular flexibility index (Phi) is 16.7. The molecule has 0 saturated heterocycles. The van der Waals surface area contributed by atoms with E-state index in [0.717, 1.165) is 5.33 Å². The van der Waals surface area contributed by atoms with Crippen LogP contribution in [0, 0.1) is 0 Å². The topological polar surface area (TPSA) is 38.7 Å². The van der Waals surface area contributed by atoms with Crippen LogP contribution in [0.15, 0.2) is 0 Å². The zero-order chi connectivity index (χ0) is 21.7. The van der Waals surface area contributed by atoms with Crippen LogP contribution in [-0.2, 0) is 9.70 Å². The standard InChI is InChI=1S/C9H6Br9N3.C2H2Br4/c10-1-7(13,14)4-19-5(8(15,16)2-11)21-6(20-4)9(17,18)3-12;3-1-2(4,5)6/h1-3H2;1H2. The van der Waals surface area contributed by atoms with Crippen molar-refractivity contribution in [1.82, 2.24) is 15.0 Å². The first kappa shape index (κ1) is 32.2. The molecule has 0 aliphatic carbocycles. The number of rotatable bonds is 6. The number of halogens is 13. The molecule has 0 aromatic carbocycles. The lowest BCUT2D eigenvalue weighted by Gasteiger charge is -2.24. The van der Waals surface area contributed by atoms with E-state index in [0.29, 0.717) is 33.5 Å². The first-order valence-corrected chi connectivity index (χ1v) is 17.9. The zero-order valence-corrected chi connectivity index (χ0v) is 33.2. The summed E-state index contributed by atoms with van der Waals surface area (Å²) in [5.41, 5.74) is 0. The molecule has 1 aromatic heterocycles. The molecule has 0 bridgehead atoms. The minimum Gasteiger partial charge on any atom is -0.213 e. The number of aromatic nitrogens is 3. The van der Waals surface area contributed by atoms with Gasteiger partial charge in [-0.25, -0.2) is 15.0 Å². The van der Waals surface area contributed by atoms with Gasteiger partial charge in [0.25, 0.3) is 0 Å². The van der Waals surface area contributed by atoms with Gasteiger partial charge in [-0.3, -0.25) is 0 Å². The zero-order valence-electron chi connectivity index (χ0n) is 12.6. The molecule has 0 aliphatic rings. The largest absolute Gasteiger partial charge is 0.213 e. The van der Waals surface area contributed by atoms with E-state index in [4.69, 9.17) is 0 Å². The van der Waals surface area contributed by atoms with Crippen LogP contribution in [-0.4, -0.2) is 38.4 Å². The normalized spacial score (nSPS) is 13.2. The average molecular weight is 1220 g/mol. The first-order chi connectivity index (χ1) is 12.1. The van der Waals surface area contributed by atoms with Gasteiger partial charge in [0.05, 0.1) is 0 Å². The van der Waals surface area contributed by atoms with Gasteiger partial charge in [0, 0.05) is 21.3 Å². The summed E-state index contributed by atoms with van der Waals surface area (Å²) in [4.78, 5) is 13.6. The molecule has 0 atom stereocenters. The summed E-state index contributed by atoms with van der Waals surface area (Å²) in [6, 6.07) is 0. The van der Waals surface area contributed by atoms with Crippen LogP contribution in [0.1, 0.15) is 17.5 Å². The monoisotopic (exact) mass is 1210 g/mol. The van der Waals surface area contributed by atoms with Crippen molar-refractivity contribution in [3.05, 3.63) is 17.5 Å². The molecule has 0 amide bonds. The molecular formula is C11H8Br13N3. The lowest BCUT2D eigenvalue weighted by atomic mass is 10.3. The van der Waals surface area contributed by atoms with Crippen molar-refractivity contribution in [1.29, 1.82) is 0 Å². The van der Waals surface area contributed by atoms with Crippen molar-refractivity contribution in [2.75, 3.05) is 21.3 Å². The third kappa shape index (κ3) is 12.0. The Bertz CT molecular complexity index is 518. The van der Waals surface area contributed by atoms with E-state index in [1.54, 1.807) is 0 Å². The fourth-order valence-corrected chi connectivity index (χ4v) is 2.86. The van der Waals surface area contributed by atoms with E-state index in [2.05, 4.69) is 222 Å². The van der Waals surface area contributed by atoms with Gasteiger partial charge in [-0.15, -0.1) is 0 Å². The van der Waals surface area contributed by atoms with E-state index in [9.17, 15) is 0 Å².